The highest BCUT2D eigenvalue weighted by Gasteiger charge is 2.51. The molecule has 1 fully saturated rings. The minimum atomic E-state index is -3.28. The average Bonchev–Trinajstić information content (AvgIpc) is 2.79. The number of nitrogens with zero attached hydrogens (tertiary/aromatic N) is 3. The Labute approximate surface area is 188 Å². The molecule has 32 heavy (non-hydrogen) atoms. The Hall–Kier alpha value is -2.29. The number of hydrogen-bond donors (Lipinski definition) is 0. The first-order chi connectivity index (χ1) is 15.2. The molecular formula is C23H29F2N3O3Si. The molecule has 0 amide bonds. The van der Waals surface area contributed by atoms with Gasteiger partial charge in [-0.1, -0.05) is 86.5 Å². The van der Waals surface area contributed by atoms with Crippen LogP contribution in [0.2, 0.25) is 5.04 Å². The van der Waals surface area contributed by atoms with E-state index < -0.39 is 33.0 Å². The molecule has 2 aromatic carbocycles. The SMILES string of the molecule is CC(C)(C)[Si](OCC1COC(C(F)(F)CN=[N+]=[N-])CO1)(c1ccccc1)c1ccccc1. The van der Waals surface area contributed by atoms with Crippen LogP contribution in [0.4, 0.5) is 8.78 Å². The van der Waals surface area contributed by atoms with E-state index in [0.717, 1.165) is 10.4 Å². The predicted octanol–water partition coefficient (Wildman–Crippen LogP) is 4.29. The maximum absolute atomic E-state index is 14.1. The number of azide groups is 1. The van der Waals surface area contributed by atoms with Crippen molar-refractivity contribution in [2.75, 3.05) is 26.4 Å². The van der Waals surface area contributed by atoms with Crippen molar-refractivity contribution in [3.8, 4) is 0 Å². The van der Waals surface area contributed by atoms with Crippen molar-refractivity contribution in [2.24, 2.45) is 5.11 Å². The first kappa shape index (κ1) is 24.4. The van der Waals surface area contributed by atoms with E-state index in [9.17, 15) is 8.78 Å². The lowest BCUT2D eigenvalue weighted by atomic mass is 10.2. The number of hydrogen-bond acceptors (Lipinski definition) is 4. The van der Waals surface area contributed by atoms with Crippen molar-refractivity contribution in [1.29, 1.82) is 0 Å². The molecule has 172 valence electrons. The van der Waals surface area contributed by atoms with Crippen LogP contribution in [-0.2, 0) is 13.9 Å². The Morgan fingerprint density at radius 1 is 1.00 bits per heavy atom. The molecule has 3 rings (SSSR count). The molecule has 0 aromatic heterocycles. The molecule has 6 nitrogen and oxygen atoms in total. The molecule has 2 unspecified atom stereocenters. The van der Waals surface area contributed by atoms with Crippen molar-refractivity contribution in [3.63, 3.8) is 0 Å². The summed E-state index contributed by atoms with van der Waals surface area (Å²) in [6.07, 6.45) is -1.92. The van der Waals surface area contributed by atoms with Crippen LogP contribution in [0.1, 0.15) is 20.8 Å². The van der Waals surface area contributed by atoms with Crippen LogP contribution in [0.3, 0.4) is 0 Å². The number of alkyl halides is 2. The lowest BCUT2D eigenvalue weighted by Gasteiger charge is -2.44. The first-order valence-corrected chi connectivity index (χ1v) is 12.5. The molecule has 0 bridgehead atoms. The van der Waals surface area contributed by atoms with Crippen LogP contribution in [0, 0.1) is 0 Å². The normalized spacial score (nSPS) is 19.9. The first-order valence-electron chi connectivity index (χ1n) is 10.6. The summed E-state index contributed by atoms with van der Waals surface area (Å²) in [6, 6.07) is 20.3. The van der Waals surface area contributed by atoms with Crippen LogP contribution in [-0.4, -0.2) is 52.8 Å². The third-order valence-corrected chi connectivity index (χ3v) is 10.7. The highest BCUT2D eigenvalue weighted by Crippen LogP contribution is 2.37. The van der Waals surface area contributed by atoms with Gasteiger partial charge < -0.3 is 13.9 Å². The van der Waals surface area contributed by atoms with Crippen molar-refractivity contribution in [2.45, 2.75) is 43.9 Å². The second-order valence-electron chi connectivity index (χ2n) is 8.90. The van der Waals surface area contributed by atoms with Gasteiger partial charge in [0.25, 0.3) is 14.2 Å². The Balaban J connectivity index is 1.80. The minimum absolute atomic E-state index is 0.0191. The molecule has 1 heterocycles. The van der Waals surface area contributed by atoms with E-state index in [2.05, 4.69) is 55.1 Å². The molecule has 2 atom stereocenters. The number of halogens is 2. The zero-order valence-corrected chi connectivity index (χ0v) is 19.6. The number of benzene rings is 2. The standard InChI is InChI=1S/C23H29F2N3O3Si/c1-22(2,3)32(19-10-6-4-7-11-19,20-12-8-5-9-13-20)31-15-18-14-30-21(16-29-18)23(24,25)17-27-28-26/h4-13,18,21H,14-17H2,1-3H3. The van der Waals surface area contributed by atoms with E-state index in [1.807, 2.05) is 36.4 Å². The molecule has 0 spiro atoms. The van der Waals surface area contributed by atoms with Gasteiger partial charge in [0.2, 0.25) is 0 Å². The lowest BCUT2D eigenvalue weighted by Crippen LogP contribution is -2.67. The molecule has 1 aliphatic rings. The Kier molecular flexibility index (Phi) is 7.69. The molecule has 9 heteroatoms. The van der Waals surface area contributed by atoms with Gasteiger partial charge in [0.15, 0.2) is 0 Å². The summed E-state index contributed by atoms with van der Waals surface area (Å²) >= 11 is 0. The summed E-state index contributed by atoms with van der Waals surface area (Å²) in [7, 11) is -2.74. The van der Waals surface area contributed by atoms with Gasteiger partial charge in [-0.25, -0.2) is 8.78 Å². The molecule has 0 radical (unpaired) electrons. The fraction of sp³-hybridized carbons (Fsp3) is 0.478. The van der Waals surface area contributed by atoms with Crippen molar-refractivity contribution < 1.29 is 22.7 Å². The van der Waals surface area contributed by atoms with Crippen LogP contribution < -0.4 is 10.4 Å². The van der Waals surface area contributed by atoms with Crippen LogP contribution in [0.5, 0.6) is 0 Å². The zero-order chi connectivity index (χ0) is 23.2. The fourth-order valence-electron chi connectivity index (χ4n) is 4.09. The van der Waals surface area contributed by atoms with Gasteiger partial charge in [0.05, 0.1) is 26.4 Å². The fourth-order valence-corrected chi connectivity index (χ4v) is 8.68. The Morgan fingerprint density at radius 3 is 2.00 bits per heavy atom. The van der Waals surface area contributed by atoms with Crippen LogP contribution in [0.25, 0.3) is 10.4 Å². The third-order valence-electron chi connectivity index (χ3n) is 5.68. The minimum Gasteiger partial charge on any atom is -0.405 e. The number of rotatable bonds is 8. The molecular weight excluding hydrogens is 432 g/mol. The van der Waals surface area contributed by atoms with Crippen molar-refractivity contribution in [1.82, 2.24) is 0 Å². The van der Waals surface area contributed by atoms with Crippen LogP contribution in [0.15, 0.2) is 65.8 Å². The van der Waals surface area contributed by atoms with E-state index in [1.54, 1.807) is 0 Å². The van der Waals surface area contributed by atoms with E-state index in [4.69, 9.17) is 19.4 Å². The van der Waals surface area contributed by atoms with Gasteiger partial charge in [0.1, 0.15) is 12.2 Å². The van der Waals surface area contributed by atoms with E-state index in [0.29, 0.717) is 0 Å². The Morgan fingerprint density at radius 2 is 1.56 bits per heavy atom. The third kappa shape index (κ3) is 5.19. The summed E-state index contributed by atoms with van der Waals surface area (Å²) < 4.78 is 46.1. The number of ether oxygens (including phenoxy) is 2. The van der Waals surface area contributed by atoms with Gasteiger partial charge >= 0.3 is 0 Å². The highest BCUT2D eigenvalue weighted by molar-refractivity contribution is 6.99. The molecule has 0 N–H and O–H groups in total. The average molecular weight is 462 g/mol. The van der Waals surface area contributed by atoms with E-state index >= 15 is 0 Å². The summed E-state index contributed by atoms with van der Waals surface area (Å²) in [5, 5.41) is 5.05. The van der Waals surface area contributed by atoms with Crippen LogP contribution >= 0.6 is 0 Å². The molecule has 0 aliphatic carbocycles. The molecule has 2 aromatic rings. The van der Waals surface area contributed by atoms with Gasteiger partial charge in [0, 0.05) is 4.91 Å². The smallest absolute Gasteiger partial charge is 0.281 e. The lowest BCUT2D eigenvalue weighted by molar-refractivity contribution is -0.215. The quantitative estimate of drug-likeness (QED) is 0.255. The summed E-state index contributed by atoms with van der Waals surface area (Å²) in [6.45, 7) is 5.47. The van der Waals surface area contributed by atoms with Gasteiger partial charge in [-0.15, -0.1) is 0 Å². The largest absolute Gasteiger partial charge is 0.405 e. The predicted molar refractivity (Wildman–Crippen MR) is 122 cm³/mol. The van der Waals surface area contributed by atoms with E-state index in [1.165, 1.54) is 0 Å². The summed E-state index contributed by atoms with van der Waals surface area (Å²) in [5.41, 5.74) is 8.31. The summed E-state index contributed by atoms with van der Waals surface area (Å²) in [5.74, 6) is -3.28. The Bertz CT molecular complexity index is 872. The topological polar surface area (TPSA) is 76.5 Å². The molecule has 1 saturated heterocycles. The maximum Gasteiger partial charge on any atom is 0.281 e. The van der Waals surface area contributed by atoms with Gasteiger partial charge in [-0.2, -0.15) is 0 Å². The maximum atomic E-state index is 14.1. The highest BCUT2D eigenvalue weighted by atomic mass is 28.4. The molecule has 0 saturated carbocycles. The van der Waals surface area contributed by atoms with E-state index in [-0.39, 0.29) is 24.9 Å². The van der Waals surface area contributed by atoms with Crippen molar-refractivity contribution in [3.05, 3.63) is 71.1 Å². The molecule has 1 aliphatic heterocycles. The monoisotopic (exact) mass is 461 g/mol. The van der Waals surface area contributed by atoms with Gasteiger partial charge in [-0.3, -0.25) is 0 Å². The summed E-state index contributed by atoms with van der Waals surface area (Å²) in [4.78, 5) is 2.40. The van der Waals surface area contributed by atoms with Crippen molar-refractivity contribution >= 4 is 18.7 Å². The zero-order valence-electron chi connectivity index (χ0n) is 18.6. The van der Waals surface area contributed by atoms with Gasteiger partial charge in [-0.05, 0) is 20.9 Å². The second kappa shape index (κ2) is 10.1. The second-order valence-corrected chi connectivity index (χ2v) is 13.2.